The van der Waals surface area contributed by atoms with Crippen LogP contribution in [0.4, 0.5) is 5.82 Å². The van der Waals surface area contributed by atoms with Gasteiger partial charge in [-0.3, -0.25) is 0 Å². The van der Waals surface area contributed by atoms with E-state index in [1.807, 2.05) is 12.3 Å². The summed E-state index contributed by atoms with van der Waals surface area (Å²) in [6, 6.07) is 4.59. The number of rotatable bonds is 2. The maximum absolute atomic E-state index is 5.65. The first-order chi connectivity index (χ1) is 7.70. The van der Waals surface area contributed by atoms with Crippen LogP contribution in [0.15, 0.2) is 18.3 Å². The van der Waals surface area contributed by atoms with E-state index in [2.05, 4.69) is 34.8 Å². The highest BCUT2D eigenvalue weighted by atomic mass is 15.3. The third kappa shape index (κ3) is 2.33. The molecule has 4 nitrogen and oxygen atoms in total. The molecule has 1 fully saturated rings. The van der Waals surface area contributed by atoms with Crippen LogP contribution in [0.5, 0.6) is 0 Å². The molecule has 1 aliphatic rings. The zero-order chi connectivity index (χ0) is 11.5. The predicted octanol–water partition coefficient (Wildman–Crippen LogP) is 0.681. The van der Waals surface area contributed by atoms with Crippen molar-refractivity contribution in [3.8, 4) is 0 Å². The zero-order valence-electron chi connectivity index (χ0n) is 10.1. The second-order valence-electron chi connectivity index (χ2n) is 4.53. The molecule has 0 bridgehead atoms. The molecule has 1 aromatic rings. The first-order valence-electron chi connectivity index (χ1n) is 5.81. The SMILES string of the molecule is CC1CN(C)CCN1c1cc(CN)ccn1. The van der Waals surface area contributed by atoms with Gasteiger partial charge in [-0.05, 0) is 31.7 Å². The number of pyridine rings is 1. The van der Waals surface area contributed by atoms with Crippen LogP contribution in [-0.2, 0) is 6.54 Å². The lowest BCUT2D eigenvalue weighted by molar-refractivity contribution is 0.274. The summed E-state index contributed by atoms with van der Waals surface area (Å²) in [5, 5.41) is 0. The topological polar surface area (TPSA) is 45.4 Å². The lowest BCUT2D eigenvalue weighted by atomic mass is 10.2. The van der Waals surface area contributed by atoms with Crippen LogP contribution in [0, 0.1) is 0 Å². The van der Waals surface area contributed by atoms with E-state index in [1.54, 1.807) is 0 Å². The van der Waals surface area contributed by atoms with Gasteiger partial charge in [-0.2, -0.15) is 0 Å². The summed E-state index contributed by atoms with van der Waals surface area (Å²) in [5.41, 5.74) is 6.80. The molecule has 0 radical (unpaired) electrons. The number of hydrogen-bond acceptors (Lipinski definition) is 4. The highest BCUT2D eigenvalue weighted by Gasteiger charge is 2.22. The molecule has 16 heavy (non-hydrogen) atoms. The van der Waals surface area contributed by atoms with Gasteiger partial charge in [0.25, 0.3) is 0 Å². The average molecular weight is 220 g/mol. The molecule has 0 saturated carbocycles. The van der Waals surface area contributed by atoms with Crippen molar-refractivity contribution in [1.29, 1.82) is 0 Å². The highest BCUT2D eigenvalue weighted by Crippen LogP contribution is 2.18. The molecule has 1 atom stereocenters. The Bertz CT molecular complexity index is 353. The van der Waals surface area contributed by atoms with Crippen molar-refractivity contribution in [3.05, 3.63) is 23.9 Å². The molecule has 1 saturated heterocycles. The number of aromatic nitrogens is 1. The Kier molecular flexibility index (Phi) is 3.41. The Hall–Kier alpha value is -1.13. The van der Waals surface area contributed by atoms with Crippen molar-refractivity contribution in [2.45, 2.75) is 19.5 Å². The van der Waals surface area contributed by atoms with Gasteiger partial charge in [0.1, 0.15) is 5.82 Å². The third-order valence-corrected chi connectivity index (χ3v) is 3.17. The van der Waals surface area contributed by atoms with Crippen molar-refractivity contribution in [3.63, 3.8) is 0 Å². The molecular weight excluding hydrogens is 200 g/mol. The van der Waals surface area contributed by atoms with E-state index < -0.39 is 0 Å². The van der Waals surface area contributed by atoms with Crippen LogP contribution >= 0.6 is 0 Å². The molecule has 1 unspecified atom stereocenters. The Balaban J connectivity index is 2.16. The van der Waals surface area contributed by atoms with E-state index in [-0.39, 0.29) is 0 Å². The van der Waals surface area contributed by atoms with Gasteiger partial charge in [0.2, 0.25) is 0 Å². The van der Waals surface area contributed by atoms with Crippen molar-refractivity contribution in [2.24, 2.45) is 5.73 Å². The van der Waals surface area contributed by atoms with Crippen LogP contribution in [0.25, 0.3) is 0 Å². The van der Waals surface area contributed by atoms with Gasteiger partial charge in [0.05, 0.1) is 0 Å². The van der Waals surface area contributed by atoms with Gasteiger partial charge in [0.15, 0.2) is 0 Å². The zero-order valence-corrected chi connectivity index (χ0v) is 10.1. The molecule has 0 spiro atoms. The fourth-order valence-electron chi connectivity index (χ4n) is 2.22. The Labute approximate surface area is 97.1 Å². The first kappa shape index (κ1) is 11.4. The summed E-state index contributed by atoms with van der Waals surface area (Å²) >= 11 is 0. The predicted molar refractivity (Wildman–Crippen MR) is 66.4 cm³/mol. The molecule has 2 N–H and O–H groups in total. The summed E-state index contributed by atoms with van der Waals surface area (Å²) in [4.78, 5) is 9.15. The van der Waals surface area contributed by atoms with Gasteiger partial charge in [-0.1, -0.05) is 0 Å². The normalized spacial score (nSPS) is 22.4. The maximum atomic E-state index is 5.65. The molecular formula is C12H20N4. The maximum Gasteiger partial charge on any atom is 0.129 e. The summed E-state index contributed by atoms with van der Waals surface area (Å²) in [6.45, 7) is 6.05. The van der Waals surface area contributed by atoms with Crippen LogP contribution in [0.2, 0.25) is 0 Å². The first-order valence-corrected chi connectivity index (χ1v) is 5.81. The Morgan fingerprint density at radius 2 is 2.31 bits per heavy atom. The second kappa shape index (κ2) is 4.80. The van der Waals surface area contributed by atoms with E-state index in [9.17, 15) is 0 Å². The van der Waals surface area contributed by atoms with Gasteiger partial charge < -0.3 is 15.5 Å². The van der Waals surface area contributed by atoms with Crippen LogP contribution in [0.1, 0.15) is 12.5 Å². The van der Waals surface area contributed by atoms with Gasteiger partial charge >= 0.3 is 0 Å². The molecule has 2 rings (SSSR count). The monoisotopic (exact) mass is 220 g/mol. The Morgan fingerprint density at radius 3 is 3.00 bits per heavy atom. The van der Waals surface area contributed by atoms with E-state index >= 15 is 0 Å². The summed E-state index contributed by atoms with van der Waals surface area (Å²) in [6.07, 6.45) is 1.85. The van der Waals surface area contributed by atoms with Crippen molar-refractivity contribution < 1.29 is 0 Å². The summed E-state index contributed by atoms with van der Waals surface area (Å²) in [7, 11) is 2.16. The van der Waals surface area contributed by atoms with Gasteiger partial charge in [-0.15, -0.1) is 0 Å². The molecule has 4 heteroatoms. The standard InChI is InChI=1S/C12H20N4/c1-10-9-15(2)5-6-16(10)12-7-11(8-13)3-4-14-12/h3-4,7,10H,5-6,8-9,13H2,1-2H3. The minimum absolute atomic E-state index is 0.513. The van der Waals surface area contributed by atoms with E-state index in [4.69, 9.17) is 5.73 Å². The molecule has 1 aromatic heterocycles. The van der Waals surface area contributed by atoms with E-state index in [0.717, 1.165) is 31.0 Å². The van der Waals surface area contributed by atoms with Crippen LogP contribution in [-0.4, -0.2) is 42.6 Å². The number of likely N-dealkylation sites (N-methyl/N-ethyl adjacent to an activating group) is 1. The quantitative estimate of drug-likeness (QED) is 0.796. The fraction of sp³-hybridized carbons (Fsp3) is 0.583. The number of anilines is 1. The van der Waals surface area contributed by atoms with E-state index in [0.29, 0.717) is 12.6 Å². The largest absolute Gasteiger partial charge is 0.351 e. The van der Waals surface area contributed by atoms with Crippen molar-refractivity contribution >= 4 is 5.82 Å². The second-order valence-corrected chi connectivity index (χ2v) is 4.53. The molecule has 0 aromatic carbocycles. The van der Waals surface area contributed by atoms with Crippen LogP contribution in [0.3, 0.4) is 0 Å². The molecule has 0 aliphatic carbocycles. The lowest BCUT2D eigenvalue weighted by Crippen LogP contribution is -2.50. The van der Waals surface area contributed by atoms with Gasteiger partial charge in [-0.25, -0.2) is 4.98 Å². The van der Waals surface area contributed by atoms with Crippen molar-refractivity contribution in [1.82, 2.24) is 9.88 Å². The lowest BCUT2D eigenvalue weighted by Gasteiger charge is -2.39. The number of hydrogen-bond donors (Lipinski definition) is 1. The molecule has 2 heterocycles. The summed E-state index contributed by atoms with van der Waals surface area (Å²) in [5.74, 6) is 1.06. The Morgan fingerprint density at radius 1 is 1.50 bits per heavy atom. The summed E-state index contributed by atoms with van der Waals surface area (Å²) < 4.78 is 0. The van der Waals surface area contributed by atoms with Crippen LogP contribution < -0.4 is 10.6 Å². The average Bonchev–Trinajstić information content (AvgIpc) is 2.29. The van der Waals surface area contributed by atoms with Crippen molar-refractivity contribution in [2.75, 3.05) is 31.6 Å². The molecule has 88 valence electrons. The molecule has 0 amide bonds. The number of nitrogens with zero attached hydrogens (tertiary/aromatic N) is 3. The third-order valence-electron chi connectivity index (χ3n) is 3.17. The van der Waals surface area contributed by atoms with Gasteiger partial charge in [0, 0.05) is 38.4 Å². The smallest absolute Gasteiger partial charge is 0.129 e. The van der Waals surface area contributed by atoms with E-state index in [1.165, 1.54) is 0 Å². The minimum atomic E-state index is 0.513. The minimum Gasteiger partial charge on any atom is -0.351 e. The highest BCUT2D eigenvalue weighted by molar-refractivity contribution is 5.42. The number of piperazine rings is 1. The fourth-order valence-corrected chi connectivity index (χ4v) is 2.22. The number of nitrogens with two attached hydrogens (primary N) is 1. The molecule has 1 aliphatic heterocycles.